The maximum absolute atomic E-state index is 14.0. The molecular formula is C30H30ClN3O5. The number of methoxy groups -OCH3 is 1. The maximum Gasteiger partial charge on any atom is 0.266 e. The molecule has 39 heavy (non-hydrogen) atoms. The van der Waals surface area contributed by atoms with Crippen molar-refractivity contribution in [2.75, 3.05) is 20.4 Å². The van der Waals surface area contributed by atoms with Crippen molar-refractivity contribution in [3.63, 3.8) is 0 Å². The van der Waals surface area contributed by atoms with Gasteiger partial charge in [-0.25, -0.2) is 4.98 Å². The summed E-state index contributed by atoms with van der Waals surface area (Å²) in [6, 6.07) is 16.9. The molecular weight excluding hydrogens is 518 g/mol. The topological polar surface area (TPSA) is 82.9 Å². The van der Waals surface area contributed by atoms with E-state index in [1.165, 1.54) is 0 Å². The number of halogens is 1. The molecule has 2 heterocycles. The van der Waals surface area contributed by atoms with Crippen LogP contribution in [0.1, 0.15) is 55.3 Å². The van der Waals surface area contributed by atoms with Crippen molar-refractivity contribution in [2.24, 2.45) is 0 Å². The lowest BCUT2D eigenvalue weighted by Crippen LogP contribution is -2.38. The summed E-state index contributed by atoms with van der Waals surface area (Å²) in [6.07, 6.45) is 2.77. The summed E-state index contributed by atoms with van der Waals surface area (Å²) < 4.78 is 17.8. The molecule has 9 heteroatoms. The molecule has 3 aromatic carbocycles. The zero-order valence-electron chi connectivity index (χ0n) is 22.1. The Morgan fingerprint density at radius 3 is 2.59 bits per heavy atom. The van der Waals surface area contributed by atoms with Crippen molar-refractivity contribution in [3.05, 3.63) is 87.4 Å². The van der Waals surface area contributed by atoms with E-state index in [0.29, 0.717) is 56.8 Å². The normalized spacial score (nSPS) is 12.9. The standard InChI is InChI=1S/C30H30ClN3O5/c1-4-5-6-15-33(29(35)20-7-14-26-27(16-20)39-18-38-26)19(2)28-32-25-17-21(31)8-13-24(25)30(36)34(28)22-9-11-23(37-3)12-10-22/h7-14,16-17,19H,4-6,15,18H2,1-3H3. The molecule has 0 aliphatic carbocycles. The predicted molar refractivity (Wildman–Crippen MR) is 150 cm³/mol. The summed E-state index contributed by atoms with van der Waals surface area (Å²) in [7, 11) is 1.59. The molecule has 4 aromatic rings. The number of aromatic nitrogens is 2. The number of carbonyl (C=O) groups excluding carboxylic acids is 1. The van der Waals surface area contributed by atoms with Gasteiger partial charge in [-0.05, 0) is 74.0 Å². The zero-order valence-corrected chi connectivity index (χ0v) is 22.9. The van der Waals surface area contributed by atoms with Crippen LogP contribution in [0, 0.1) is 0 Å². The Labute approximate surface area is 231 Å². The van der Waals surface area contributed by atoms with Crippen LogP contribution in [-0.4, -0.2) is 40.8 Å². The molecule has 5 rings (SSSR count). The number of ether oxygens (including phenoxy) is 3. The maximum atomic E-state index is 14.0. The summed E-state index contributed by atoms with van der Waals surface area (Å²) in [5.41, 5.74) is 1.33. The average molecular weight is 548 g/mol. The molecule has 8 nitrogen and oxygen atoms in total. The lowest BCUT2D eigenvalue weighted by atomic mass is 10.1. The lowest BCUT2D eigenvalue weighted by molar-refractivity contribution is 0.0677. The minimum absolute atomic E-state index is 0.126. The fourth-order valence-electron chi connectivity index (χ4n) is 4.78. The van der Waals surface area contributed by atoms with Crippen LogP contribution in [0.5, 0.6) is 17.2 Å². The van der Waals surface area contributed by atoms with Gasteiger partial charge in [-0.1, -0.05) is 31.4 Å². The third kappa shape index (κ3) is 5.29. The minimum atomic E-state index is -0.544. The highest BCUT2D eigenvalue weighted by Crippen LogP contribution is 2.34. The van der Waals surface area contributed by atoms with E-state index < -0.39 is 6.04 Å². The van der Waals surface area contributed by atoms with E-state index in [0.717, 1.165) is 19.3 Å². The third-order valence-corrected chi connectivity index (χ3v) is 7.15. The second kappa shape index (κ2) is 11.4. The largest absolute Gasteiger partial charge is 0.497 e. The molecule has 202 valence electrons. The molecule has 0 N–H and O–H groups in total. The van der Waals surface area contributed by atoms with Crippen molar-refractivity contribution in [1.29, 1.82) is 0 Å². The van der Waals surface area contributed by atoms with Crippen LogP contribution >= 0.6 is 11.6 Å². The van der Waals surface area contributed by atoms with Gasteiger partial charge in [0.15, 0.2) is 11.5 Å². The van der Waals surface area contributed by atoms with Gasteiger partial charge in [-0.2, -0.15) is 0 Å². The van der Waals surface area contributed by atoms with E-state index >= 15 is 0 Å². The Bertz CT molecular complexity index is 1570. The highest BCUT2D eigenvalue weighted by Gasteiger charge is 2.28. The van der Waals surface area contributed by atoms with Crippen molar-refractivity contribution in [2.45, 2.75) is 39.2 Å². The van der Waals surface area contributed by atoms with E-state index in [1.807, 2.05) is 6.92 Å². The number of rotatable bonds is 9. The van der Waals surface area contributed by atoms with Gasteiger partial charge in [0, 0.05) is 17.1 Å². The summed E-state index contributed by atoms with van der Waals surface area (Å²) in [5.74, 6) is 2.07. The van der Waals surface area contributed by atoms with Crippen LogP contribution in [0.4, 0.5) is 0 Å². The molecule has 0 bridgehead atoms. The number of hydrogen-bond acceptors (Lipinski definition) is 6. The van der Waals surface area contributed by atoms with Gasteiger partial charge in [0.05, 0.1) is 29.7 Å². The average Bonchev–Trinajstić information content (AvgIpc) is 3.43. The molecule has 1 aliphatic rings. The molecule has 1 aromatic heterocycles. The molecule has 0 saturated carbocycles. The first-order valence-electron chi connectivity index (χ1n) is 13.0. The Balaban J connectivity index is 1.64. The van der Waals surface area contributed by atoms with Crippen molar-refractivity contribution in [1.82, 2.24) is 14.5 Å². The van der Waals surface area contributed by atoms with E-state index in [1.54, 1.807) is 77.2 Å². The third-order valence-electron chi connectivity index (χ3n) is 6.91. The molecule has 0 saturated heterocycles. The number of amides is 1. The number of benzene rings is 3. The second-order valence-corrected chi connectivity index (χ2v) is 9.86. The minimum Gasteiger partial charge on any atom is -0.497 e. The number of hydrogen-bond donors (Lipinski definition) is 0. The highest BCUT2D eigenvalue weighted by molar-refractivity contribution is 6.31. The smallest absolute Gasteiger partial charge is 0.266 e. The molecule has 1 unspecified atom stereocenters. The SMILES string of the molecule is CCCCCN(C(=O)c1ccc2c(c1)OCO2)C(C)c1nc2cc(Cl)ccc2c(=O)n1-c1ccc(OC)cc1. The number of fused-ring (bicyclic) bond motifs is 2. The fourth-order valence-corrected chi connectivity index (χ4v) is 4.94. The quantitative estimate of drug-likeness (QED) is 0.233. The summed E-state index contributed by atoms with van der Waals surface area (Å²) in [5, 5.41) is 0.914. The van der Waals surface area contributed by atoms with E-state index in [4.69, 9.17) is 30.8 Å². The van der Waals surface area contributed by atoms with Crippen LogP contribution in [0.3, 0.4) is 0 Å². The first kappa shape index (κ1) is 26.6. The zero-order chi connectivity index (χ0) is 27.5. The van der Waals surface area contributed by atoms with E-state index in [-0.39, 0.29) is 18.3 Å². The van der Waals surface area contributed by atoms with Crippen LogP contribution in [-0.2, 0) is 0 Å². The van der Waals surface area contributed by atoms with Crippen molar-refractivity contribution < 1.29 is 19.0 Å². The van der Waals surface area contributed by atoms with Crippen molar-refractivity contribution in [3.8, 4) is 22.9 Å². The van der Waals surface area contributed by atoms with Gasteiger partial charge in [0.2, 0.25) is 6.79 Å². The highest BCUT2D eigenvalue weighted by atomic mass is 35.5. The fraction of sp³-hybridized carbons (Fsp3) is 0.300. The number of nitrogens with zero attached hydrogens (tertiary/aromatic N) is 3. The molecule has 1 amide bonds. The molecule has 0 fully saturated rings. The van der Waals surface area contributed by atoms with Gasteiger partial charge < -0.3 is 19.1 Å². The Hall–Kier alpha value is -4.04. The van der Waals surface area contributed by atoms with Crippen LogP contribution in [0.15, 0.2) is 65.5 Å². The Morgan fingerprint density at radius 2 is 1.85 bits per heavy atom. The van der Waals surface area contributed by atoms with Crippen molar-refractivity contribution >= 4 is 28.4 Å². The Morgan fingerprint density at radius 1 is 1.08 bits per heavy atom. The van der Waals surface area contributed by atoms with Gasteiger partial charge in [-0.15, -0.1) is 0 Å². The predicted octanol–water partition coefficient (Wildman–Crippen LogP) is 6.17. The van der Waals surface area contributed by atoms with Crippen LogP contribution < -0.4 is 19.8 Å². The van der Waals surface area contributed by atoms with Gasteiger partial charge in [0.1, 0.15) is 11.6 Å². The first-order chi connectivity index (χ1) is 18.9. The molecule has 0 spiro atoms. The Kier molecular flexibility index (Phi) is 7.74. The van der Waals surface area contributed by atoms with E-state index in [9.17, 15) is 9.59 Å². The number of carbonyl (C=O) groups is 1. The van der Waals surface area contributed by atoms with E-state index in [2.05, 4.69) is 6.92 Å². The van der Waals surface area contributed by atoms with Gasteiger partial charge in [-0.3, -0.25) is 14.2 Å². The van der Waals surface area contributed by atoms with Crippen LogP contribution in [0.25, 0.3) is 16.6 Å². The van der Waals surface area contributed by atoms with Gasteiger partial charge >= 0.3 is 0 Å². The molecule has 1 aliphatic heterocycles. The second-order valence-electron chi connectivity index (χ2n) is 9.42. The number of unbranched alkanes of at least 4 members (excludes halogenated alkanes) is 2. The monoisotopic (exact) mass is 547 g/mol. The molecule has 1 atom stereocenters. The lowest BCUT2D eigenvalue weighted by Gasteiger charge is -2.31. The molecule has 0 radical (unpaired) electrons. The van der Waals surface area contributed by atoms with Crippen LogP contribution in [0.2, 0.25) is 5.02 Å². The summed E-state index contributed by atoms with van der Waals surface area (Å²) in [4.78, 5) is 34.5. The first-order valence-corrected chi connectivity index (χ1v) is 13.4. The summed E-state index contributed by atoms with van der Waals surface area (Å²) in [6.45, 7) is 4.63. The summed E-state index contributed by atoms with van der Waals surface area (Å²) >= 11 is 6.27. The van der Waals surface area contributed by atoms with Gasteiger partial charge in [0.25, 0.3) is 11.5 Å².